The standard InChI is InChI=1S/C22H28N4O2/c1-3-25-11-12-26(21(27)15-23-2)16-19(22(25)28)13-17-7-4-5-9-20(17)18-8-6-10-24-14-18/h4-10,14,19,23H,3,11-13,15-16H2,1-2H3/t19-/m1/s1. The quantitative estimate of drug-likeness (QED) is 0.830. The second-order valence-corrected chi connectivity index (χ2v) is 7.09. The Morgan fingerprint density at radius 1 is 1.21 bits per heavy atom. The normalized spacial score (nSPS) is 17.5. The largest absolute Gasteiger partial charge is 0.341 e. The SMILES string of the molecule is CCN1CCN(C(=O)CNC)C[C@@H](Cc2ccccc2-c2cccnc2)C1=O. The summed E-state index contributed by atoms with van der Waals surface area (Å²) in [5.41, 5.74) is 3.23. The average molecular weight is 380 g/mol. The summed E-state index contributed by atoms with van der Waals surface area (Å²) in [5.74, 6) is -0.0804. The molecule has 2 amide bonds. The number of nitrogens with zero attached hydrogens (tertiary/aromatic N) is 3. The Bertz CT molecular complexity index is 809. The molecule has 0 radical (unpaired) electrons. The molecule has 0 aliphatic carbocycles. The lowest BCUT2D eigenvalue weighted by Gasteiger charge is -2.24. The Morgan fingerprint density at radius 2 is 2.04 bits per heavy atom. The van der Waals surface area contributed by atoms with Gasteiger partial charge in [-0.2, -0.15) is 0 Å². The fourth-order valence-electron chi connectivity index (χ4n) is 3.77. The summed E-state index contributed by atoms with van der Waals surface area (Å²) in [5, 5.41) is 2.92. The van der Waals surface area contributed by atoms with Crippen molar-refractivity contribution in [2.45, 2.75) is 13.3 Å². The van der Waals surface area contributed by atoms with Crippen molar-refractivity contribution in [2.75, 3.05) is 39.8 Å². The van der Waals surface area contributed by atoms with Gasteiger partial charge in [0, 0.05) is 44.1 Å². The zero-order valence-electron chi connectivity index (χ0n) is 16.6. The van der Waals surface area contributed by atoms with E-state index in [1.54, 1.807) is 13.2 Å². The molecule has 0 unspecified atom stereocenters. The van der Waals surface area contributed by atoms with Crippen molar-refractivity contribution in [3.8, 4) is 11.1 Å². The lowest BCUT2D eigenvalue weighted by molar-refractivity contribution is -0.134. The van der Waals surface area contributed by atoms with Crippen molar-refractivity contribution in [1.82, 2.24) is 20.1 Å². The minimum atomic E-state index is -0.249. The van der Waals surface area contributed by atoms with Crippen LogP contribution in [0.15, 0.2) is 48.8 Å². The lowest BCUT2D eigenvalue weighted by atomic mass is 9.91. The predicted octanol–water partition coefficient (Wildman–Crippen LogP) is 1.82. The molecular formula is C22H28N4O2. The molecule has 2 aromatic rings. The van der Waals surface area contributed by atoms with Gasteiger partial charge in [-0.15, -0.1) is 0 Å². The van der Waals surface area contributed by atoms with Gasteiger partial charge in [0.15, 0.2) is 0 Å². The monoisotopic (exact) mass is 380 g/mol. The molecule has 1 aromatic heterocycles. The molecule has 3 rings (SSSR count). The van der Waals surface area contributed by atoms with Crippen LogP contribution in [0.3, 0.4) is 0 Å². The molecule has 1 aliphatic heterocycles. The molecule has 28 heavy (non-hydrogen) atoms. The van der Waals surface area contributed by atoms with Crippen LogP contribution in [-0.2, 0) is 16.0 Å². The highest BCUT2D eigenvalue weighted by molar-refractivity contribution is 5.83. The lowest BCUT2D eigenvalue weighted by Crippen LogP contribution is -2.41. The minimum absolute atomic E-state index is 0.0406. The molecule has 0 saturated carbocycles. The van der Waals surface area contributed by atoms with Crippen molar-refractivity contribution in [2.24, 2.45) is 5.92 Å². The first kappa shape index (κ1) is 20.0. The van der Waals surface area contributed by atoms with Gasteiger partial charge in [0.05, 0.1) is 12.5 Å². The van der Waals surface area contributed by atoms with E-state index >= 15 is 0 Å². The molecule has 2 heterocycles. The molecule has 148 valence electrons. The Hall–Kier alpha value is -2.73. The Morgan fingerprint density at radius 3 is 2.75 bits per heavy atom. The van der Waals surface area contributed by atoms with E-state index in [-0.39, 0.29) is 17.7 Å². The highest BCUT2D eigenvalue weighted by Gasteiger charge is 2.31. The van der Waals surface area contributed by atoms with E-state index in [0.29, 0.717) is 39.1 Å². The smallest absolute Gasteiger partial charge is 0.236 e. The number of carbonyl (C=O) groups is 2. The van der Waals surface area contributed by atoms with Crippen LogP contribution in [0.4, 0.5) is 0 Å². The van der Waals surface area contributed by atoms with E-state index in [0.717, 1.165) is 16.7 Å². The van der Waals surface area contributed by atoms with Gasteiger partial charge in [0.25, 0.3) is 0 Å². The van der Waals surface area contributed by atoms with Crippen LogP contribution in [0.25, 0.3) is 11.1 Å². The fraction of sp³-hybridized carbons (Fsp3) is 0.409. The number of hydrogen-bond acceptors (Lipinski definition) is 4. The van der Waals surface area contributed by atoms with Crippen LogP contribution in [0.2, 0.25) is 0 Å². The molecule has 1 N–H and O–H groups in total. The number of carbonyl (C=O) groups excluding carboxylic acids is 2. The molecule has 6 nitrogen and oxygen atoms in total. The maximum atomic E-state index is 13.1. The number of hydrogen-bond donors (Lipinski definition) is 1. The fourth-order valence-corrected chi connectivity index (χ4v) is 3.77. The number of nitrogens with one attached hydrogen (secondary N) is 1. The number of rotatable bonds is 6. The first-order chi connectivity index (χ1) is 13.6. The van der Waals surface area contributed by atoms with Gasteiger partial charge >= 0.3 is 0 Å². The molecule has 0 spiro atoms. The summed E-state index contributed by atoms with van der Waals surface area (Å²) >= 11 is 0. The first-order valence-corrected chi connectivity index (χ1v) is 9.83. The van der Waals surface area contributed by atoms with Crippen molar-refractivity contribution in [1.29, 1.82) is 0 Å². The predicted molar refractivity (Wildman–Crippen MR) is 110 cm³/mol. The van der Waals surface area contributed by atoms with Gasteiger partial charge in [-0.1, -0.05) is 30.3 Å². The molecule has 1 saturated heterocycles. The Balaban J connectivity index is 1.88. The topological polar surface area (TPSA) is 65.5 Å². The van der Waals surface area contributed by atoms with Crippen molar-refractivity contribution in [3.05, 3.63) is 54.4 Å². The average Bonchev–Trinajstić information content (AvgIpc) is 2.88. The number of likely N-dealkylation sites (N-methyl/N-ethyl adjacent to an activating group) is 2. The molecule has 1 atom stereocenters. The van der Waals surface area contributed by atoms with Crippen molar-refractivity contribution >= 4 is 11.8 Å². The highest BCUT2D eigenvalue weighted by atomic mass is 16.2. The molecule has 1 aliphatic rings. The summed E-state index contributed by atoms with van der Waals surface area (Å²) in [6, 6.07) is 12.1. The van der Waals surface area contributed by atoms with E-state index in [9.17, 15) is 9.59 Å². The second-order valence-electron chi connectivity index (χ2n) is 7.09. The minimum Gasteiger partial charge on any atom is -0.341 e. The zero-order valence-corrected chi connectivity index (χ0v) is 16.6. The van der Waals surface area contributed by atoms with Gasteiger partial charge in [-0.05, 0) is 37.6 Å². The van der Waals surface area contributed by atoms with Gasteiger partial charge in [-0.25, -0.2) is 0 Å². The summed E-state index contributed by atoms with van der Waals surface area (Å²) in [6.45, 7) is 4.57. The third kappa shape index (κ3) is 4.57. The van der Waals surface area contributed by atoms with Crippen molar-refractivity contribution in [3.63, 3.8) is 0 Å². The van der Waals surface area contributed by atoms with Crippen LogP contribution < -0.4 is 5.32 Å². The molecular weight excluding hydrogens is 352 g/mol. The summed E-state index contributed by atoms with van der Waals surface area (Å²) in [4.78, 5) is 33.5. The van der Waals surface area contributed by atoms with E-state index in [1.807, 2.05) is 47.2 Å². The van der Waals surface area contributed by atoms with Gasteiger partial charge < -0.3 is 15.1 Å². The van der Waals surface area contributed by atoms with Crippen molar-refractivity contribution < 1.29 is 9.59 Å². The van der Waals surface area contributed by atoms with E-state index in [4.69, 9.17) is 0 Å². The number of aromatic nitrogens is 1. The molecule has 0 bridgehead atoms. The van der Waals surface area contributed by atoms with Gasteiger partial charge in [0.1, 0.15) is 0 Å². The van der Waals surface area contributed by atoms with Crippen LogP contribution in [0.5, 0.6) is 0 Å². The first-order valence-electron chi connectivity index (χ1n) is 9.83. The summed E-state index contributed by atoms with van der Waals surface area (Å²) in [6.07, 6.45) is 4.20. The summed E-state index contributed by atoms with van der Waals surface area (Å²) < 4.78 is 0. The van der Waals surface area contributed by atoms with Gasteiger partial charge in [-0.3, -0.25) is 14.6 Å². The maximum Gasteiger partial charge on any atom is 0.236 e. The number of amides is 2. The second kappa shape index (κ2) is 9.46. The van der Waals surface area contributed by atoms with Crippen LogP contribution in [0.1, 0.15) is 12.5 Å². The maximum absolute atomic E-state index is 13.1. The molecule has 1 fully saturated rings. The molecule has 1 aromatic carbocycles. The van der Waals surface area contributed by atoms with E-state index in [1.165, 1.54) is 0 Å². The van der Waals surface area contributed by atoms with Crippen LogP contribution in [0, 0.1) is 5.92 Å². The summed E-state index contributed by atoms with van der Waals surface area (Å²) in [7, 11) is 1.76. The third-order valence-electron chi connectivity index (χ3n) is 5.26. The number of pyridine rings is 1. The Kier molecular flexibility index (Phi) is 6.76. The Labute approximate surface area is 166 Å². The van der Waals surface area contributed by atoms with E-state index in [2.05, 4.69) is 22.4 Å². The van der Waals surface area contributed by atoms with E-state index < -0.39 is 0 Å². The zero-order chi connectivity index (χ0) is 19.9. The van der Waals surface area contributed by atoms with Gasteiger partial charge in [0.2, 0.25) is 11.8 Å². The van der Waals surface area contributed by atoms with Crippen LogP contribution >= 0.6 is 0 Å². The number of benzene rings is 1. The molecule has 6 heteroatoms. The highest BCUT2D eigenvalue weighted by Crippen LogP contribution is 2.26. The third-order valence-corrected chi connectivity index (χ3v) is 5.26. The van der Waals surface area contributed by atoms with Crippen LogP contribution in [-0.4, -0.2) is 66.4 Å².